The van der Waals surface area contributed by atoms with Crippen LogP contribution in [0.4, 0.5) is 5.82 Å². The zero-order valence-corrected chi connectivity index (χ0v) is 16.1. The maximum Gasteiger partial charge on any atom is 0.268 e. The minimum atomic E-state index is -0.658. The van der Waals surface area contributed by atoms with Crippen LogP contribution in [0.3, 0.4) is 0 Å². The Morgan fingerprint density at radius 3 is 2.46 bits per heavy atom. The Bertz CT molecular complexity index is 984. The van der Waals surface area contributed by atoms with E-state index in [1.54, 1.807) is 12.1 Å². The number of nitrogens with one attached hydrogen (secondary N) is 1. The molecule has 0 aliphatic rings. The van der Waals surface area contributed by atoms with E-state index in [4.69, 9.17) is 15.2 Å². The monoisotopic (exact) mass is 416 g/mol. The Kier molecular flexibility index (Phi) is 5.91. The molecule has 134 valence electrons. The third kappa shape index (κ3) is 3.66. The number of benzene rings is 1. The van der Waals surface area contributed by atoms with E-state index in [1.165, 1.54) is 7.11 Å². The van der Waals surface area contributed by atoms with Gasteiger partial charge in [-0.3, -0.25) is 4.79 Å². The number of hydrogen-bond acceptors (Lipinski definition) is 6. The van der Waals surface area contributed by atoms with E-state index in [2.05, 4.69) is 20.9 Å². The van der Waals surface area contributed by atoms with E-state index in [1.807, 2.05) is 26.0 Å². The molecule has 0 aliphatic heterocycles. The number of hydrogen-bond donors (Lipinski definition) is 2. The molecule has 0 saturated carbocycles. The summed E-state index contributed by atoms with van der Waals surface area (Å²) in [5.41, 5.74) is 5.52. The van der Waals surface area contributed by atoms with Crippen molar-refractivity contribution in [2.24, 2.45) is 5.92 Å². The summed E-state index contributed by atoms with van der Waals surface area (Å²) in [7, 11) is 1.48. The molecule has 0 fully saturated rings. The Morgan fingerprint density at radius 1 is 1.27 bits per heavy atom. The minimum Gasteiger partial charge on any atom is -0.493 e. The van der Waals surface area contributed by atoms with E-state index in [9.17, 15) is 15.3 Å². The zero-order valence-electron chi connectivity index (χ0n) is 14.5. The van der Waals surface area contributed by atoms with Crippen molar-refractivity contribution < 1.29 is 9.47 Å². The van der Waals surface area contributed by atoms with Crippen molar-refractivity contribution in [1.82, 2.24) is 4.98 Å². The number of H-pyrrole nitrogens is 1. The molecule has 3 N–H and O–H groups in total. The van der Waals surface area contributed by atoms with Gasteiger partial charge < -0.3 is 20.2 Å². The summed E-state index contributed by atoms with van der Waals surface area (Å²) in [6, 6.07) is 7.05. The highest BCUT2D eigenvalue weighted by molar-refractivity contribution is 9.10. The predicted octanol–water partition coefficient (Wildman–Crippen LogP) is 3.17. The summed E-state index contributed by atoms with van der Waals surface area (Å²) in [6.45, 7) is 4.53. The number of nitriles is 2. The van der Waals surface area contributed by atoms with Crippen LogP contribution < -0.4 is 20.8 Å². The molecule has 0 amide bonds. The molecule has 0 bridgehead atoms. The molecule has 2 rings (SSSR count). The lowest BCUT2D eigenvalue weighted by atomic mass is 9.96. The van der Waals surface area contributed by atoms with Crippen LogP contribution in [0, 0.1) is 28.6 Å². The summed E-state index contributed by atoms with van der Waals surface area (Å²) in [5, 5.41) is 18.8. The fourth-order valence-corrected chi connectivity index (χ4v) is 2.94. The van der Waals surface area contributed by atoms with Crippen LogP contribution in [0.5, 0.6) is 11.5 Å². The SMILES string of the molecule is COc1cc(-c2c(C#N)c(N)[nH]c(=O)c2C#N)cc(Br)c1OCC(C)C. The van der Waals surface area contributed by atoms with Crippen LogP contribution in [0.1, 0.15) is 25.0 Å². The molecule has 1 aromatic carbocycles. The number of aromatic amines is 1. The lowest BCUT2D eigenvalue weighted by Crippen LogP contribution is -2.16. The quantitative estimate of drug-likeness (QED) is 0.770. The fraction of sp³-hybridized carbons (Fsp3) is 0.278. The number of aromatic nitrogens is 1. The number of rotatable bonds is 5. The third-order valence-electron chi connectivity index (χ3n) is 3.55. The fourth-order valence-electron chi connectivity index (χ4n) is 2.39. The molecule has 0 atom stereocenters. The van der Waals surface area contributed by atoms with Crippen molar-refractivity contribution in [2.75, 3.05) is 19.5 Å². The van der Waals surface area contributed by atoms with Crippen molar-refractivity contribution in [1.29, 1.82) is 10.5 Å². The first kappa shape index (κ1) is 19.4. The second-order valence-corrected chi connectivity index (χ2v) is 6.77. The van der Waals surface area contributed by atoms with Crippen LogP contribution >= 0.6 is 15.9 Å². The molecule has 0 spiro atoms. The van der Waals surface area contributed by atoms with Gasteiger partial charge in [-0.15, -0.1) is 0 Å². The standard InChI is InChI=1S/C18H17BrN4O3/c1-9(2)8-26-16-13(19)4-10(5-14(16)25-3)15-11(6-20)17(22)23-18(24)12(15)7-21/h4-5,9H,8H2,1-3H3,(H3,22,23,24). The molecular formula is C18H17BrN4O3. The third-order valence-corrected chi connectivity index (χ3v) is 4.14. The molecule has 7 nitrogen and oxygen atoms in total. The van der Waals surface area contributed by atoms with E-state index < -0.39 is 5.56 Å². The van der Waals surface area contributed by atoms with Crippen LogP contribution in [0.2, 0.25) is 0 Å². The lowest BCUT2D eigenvalue weighted by Gasteiger charge is -2.16. The van der Waals surface area contributed by atoms with Gasteiger partial charge in [0.15, 0.2) is 11.5 Å². The number of halogens is 1. The summed E-state index contributed by atoms with van der Waals surface area (Å²) in [6.07, 6.45) is 0. The zero-order chi connectivity index (χ0) is 19.4. The molecule has 0 unspecified atom stereocenters. The second kappa shape index (κ2) is 7.94. The normalized spacial score (nSPS) is 10.3. The molecule has 8 heteroatoms. The van der Waals surface area contributed by atoms with Gasteiger partial charge in [0.1, 0.15) is 29.1 Å². The molecule has 1 heterocycles. The van der Waals surface area contributed by atoms with Gasteiger partial charge in [0.2, 0.25) is 0 Å². The number of pyridine rings is 1. The van der Waals surface area contributed by atoms with E-state index >= 15 is 0 Å². The molecule has 0 radical (unpaired) electrons. The van der Waals surface area contributed by atoms with E-state index in [-0.39, 0.29) is 22.5 Å². The van der Waals surface area contributed by atoms with Gasteiger partial charge in [-0.25, -0.2) is 0 Å². The second-order valence-electron chi connectivity index (χ2n) is 5.91. The molecular weight excluding hydrogens is 400 g/mol. The van der Waals surface area contributed by atoms with Gasteiger partial charge in [0.25, 0.3) is 5.56 Å². The number of anilines is 1. The topological polar surface area (TPSA) is 125 Å². The first-order valence-corrected chi connectivity index (χ1v) is 8.49. The van der Waals surface area contributed by atoms with Gasteiger partial charge in [-0.2, -0.15) is 10.5 Å². The molecule has 0 saturated heterocycles. The van der Waals surface area contributed by atoms with Crippen molar-refractivity contribution in [3.63, 3.8) is 0 Å². The maximum absolute atomic E-state index is 12.1. The Morgan fingerprint density at radius 2 is 1.92 bits per heavy atom. The lowest BCUT2D eigenvalue weighted by molar-refractivity contribution is 0.255. The van der Waals surface area contributed by atoms with Gasteiger partial charge >= 0.3 is 0 Å². The largest absolute Gasteiger partial charge is 0.493 e. The predicted molar refractivity (Wildman–Crippen MR) is 101 cm³/mol. The first-order valence-electron chi connectivity index (χ1n) is 7.70. The average Bonchev–Trinajstić information content (AvgIpc) is 2.59. The van der Waals surface area contributed by atoms with Crippen molar-refractivity contribution >= 4 is 21.7 Å². The molecule has 26 heavy (non-hydrogen) atoms. The molecule has 0 aliphatic carbocycles. The summed E-state index contributed by atoms with van der Waals surface area (Å²) in [5.74, 6) is 1.12. The minimum absolute atomic E-state index is 0.0194. The number of nitrogens with two attached hydrogens (primary N) is 1. The van der Waals surface area contributed by atoms with Gasteiger partial charge in [0, 0.05) is 5.56 Å². The number of nitrogen functional groups attached to an aromatic ring is 1. The number of methoxy groups -OCH3 is 1. The van der Waals surface area contributed by atoms with Crippen molar-refractivity contribution in [3.8, 4) is 34.8 Å². The highest BCUT2D eigenvalue weighted by atomic mass is 79.9. The van der Waals surface area contributed by atoms with E-state index in [0.717, 1.165) is 0 Å². The number of ether oxygens (including phenoxy) is 2. The average molecular weight is 417 g/mol. The highest BCUT2D eigenvalue weighted by Crippen LogP contribution is 2.41. The van der Waals surface area contributed by atoms with Gasteiger partial charge in [0.05, 0.1) is 18.2 Å². The van der Waals surface area contributed by atoms with Gasteiger partial charge in [-0.05, 0) is 39.5 Å². The summed E-state index contributed by atoms with van der Waals surface area (Å²) >= 11 is 3.43. The Labute approximate surface area is 159 Å². The molecule has 2 aromatic rings. The maximum atomic E-state index is 12.1. The van der Waals surface area contributed by atoms with Gasteiger partial charge in [-0.1, -0.05) is 13.8 Å². The Hall–Kier alpha value is -2.97. The smallest absolute Gasteiger partial charge is 0.268 e. The first-order chi connectivity index (χ1) is 12.3. The summed E-state index contributed by atoms with van der Waals surface area (Å²) < 4.78 is 11.7. The van der Waals surface area contributed by atoms with Crippen LogP contribution in [0.15, 0.2) is 21.4 Å². The van der Waals surface area contributed by atoms with Crippen LogP contribution in [-0.4, -0.2) is 18.7 Å². The van der Waals surface area contributed by atoms with E-state index in [0.29, 0.717) is 34.1 Å². The molecule has 1 aromatic heterocycles. The summed E-state index contributed by atoms with van der Waals surface area (Å²) in [4.78, 5) is 14.4. The van der Waals surface area contributed by atoms with Crippen LogP contribution in [-0.2, 0) is 0 Å². The van der Waals surface area contributed by atoms with Crippen molar-refractivity contribution in [2.45, 2.75) is 13.8 Å². The van der Waals surface area contributed by atoms with Crippen molar-refractivity contribution in [3.05, 3.63) is 38.1 Å². The number of nitrogens with zero attached hydrogens (tertiary/aromatic N) is 2. The highest BCUT2D eigenvalue weighted by Gasteiger charge is 2.21. The van der Waals surface area contributed by atoms with Crippen LogP contribution in [0.25, 0.3) is 11.1 Å². The Balaban J connectivity index is 2.76.